The average molecular weight is 924 g/mol. The maximum absolute atomic E-state index is 14.6. The fraction of sp³-hybridized carbons (Fsp3) is 0.531. The van der Waals surface area contributed by atoms with E-state index in [0.717, 1.165) is 44.7 Å². The predicted octanol–water partition coefficient (Wildman–Crippen LogP) is 6.00. The zero-order chi connectivity index (χ0) is 47.6. The lowest BCUT2D eigenvalue weighted by Gasteiger charge is -2.37. The van der Waals surface area contributed by atoms with E-state index in [1.165, 1.54) is 27.3 Å². The van der Waals surface area contributed by atoms with Gasteiger partial charge >= 0.3 is 12.0 Å². The monoisotopic (exact) mass is 923 g/mol. The Bertz CT molecular complexity index is 2480. The molecule has 1 aromatic carbocycles. The van der Waals surface area contributed by atoms with Gasteiger partial charge in [0.2, 0.25) is 11.8 Å². The number of carbonyl (C=O) groups is 5. The van der Waals surface area contributed by atoms with Crippen LogP contribution in [0.3, 0.4) is 0 Å². The van der Waals surface area contributed by atoms with E-state index in [1.807, 2.05) is 32.2 Å². The highest BCUT2D eigenvalue weighted by Gasteiger charge is 2.40. The van der Waals surface area contributed by atoms with Crippen molar-refractivity contribution in [1.82, 2.24) is 45.0 Å². The Hall–Kier alpha value is -5.65. The lowest BCUT2D eigenvalue weighted by atomic mass is 9.84. The second-order valence-electron chi connectivity index (χ2n) is 18.9. The molecule has 354 valence electrons. The van der Waals surface area contributed by atoms with E-state index in [0.29, 0.717) is 56.9 Å². The van der Waals surface area contributed by atoms with Crippen LogP contribution < -0.4 is 10.7 Å². The van der Waals surface area contributed by atoms with Crippen molar-refractivity contribution >= 4 is 52.0 Å². The summed E-state index contributed by atoms with van der Waals surface area (Å²) in [4.78, 5) is 83.8. The van der Waals surface area contributed by atoms with Crippen LogP contribution in [0.1, 0.15) is 83.2 Å². The van der Waals surface area contributed by atoms with Gasteiger partial charge in [-0.25, -0.2) is 15.2 Å². The number of cyclic esters (lactones) is 1. The summed E-state index contributed by atoms with van der Waals surface area (Å²) in [5, 5.41) is 8.09. The molecule has 3 aliphatic heterocycles. The lowest BCUT2D eigenvalue weighted by Crippen LogP contribution is -2.62. The number of likely N-dealkylation sites (N-methyl/N-ethyl adjacent to an activating group) is 2. The SMILES string of the molecule is C=CC(=O)N1CC[C@H](N(C)C(=O)N(C)C(C(=O)N[C@H]2Cc3nc(cs3)-c3ccc4c(c3)c(c(-c3cccnc3[C@H](C)OC)n4CC)CC(C)(C)COC(=O)[C@@H]3CCCN(N3)C2=O)C(C)C)C1. The minimum atomic E-state index is -1.09. The molecule has 0 aliphatic carbocycles. The van der Waals surface area contributed by atoms with Gasteiger partial charge in [0.1, 0.15) is 18.1 Å². The van der Waals surface area contributed by atoms with E-state index in [4.69, 9.17) is 19.4 Å². The van der Waals surface area contributed by atoms with Gasteiger partial charge in [-0.2, -0.15) is 0 Å². The van der Waals surface area contributed by atoms with Gasteiger partial charge in [-0.3, -0.25) is 29.2 Å². The summed E-state index contributed by atoms with van der Waals surface area (Å²) in [7, 11) is 4.95. The first-order chi connectivity index (χ1) is 31.5. The molecule has 7 rings (SSSR count). The minimum Gasteiger partial charge on any atom is -0.464 e. The topological polar surface area (TPSA) is 172 Å². The molecule has 0 spiro atoms. The number of amides is 5. The molecule has 3 aromatic heterocycles. The summed E-state index contributed by atoms with van der Waals surface area (Å²) in [5.41, 5.74) is 9.24. The fourth-order valence-electron chi connectivity index (χ4n) is 9.66. The number of urea groups is 1. The Labute approximate surface area is 391 Å². The van der Waals surface area contributed by atoms with Crippen LogP contribution in [0, 0.1) is 11.3 Å². The second kappa shape index (κ2) is 20.1. The van der Waals surface area contributed by atoms with E-state index in [-0.39, 0.29) is 43.0 Å². The van der Waals surface area contributed by atoms with Gasteiger partial charge in [0.25, 0.3) is 5.91 Å². The molecule has 1 unspecified atom stereocenters. The van der Waals surface area contributed by atoms with E-state index in [9.17, 15) is 24.0 Å². The number of nitrogens with one attached hydrogen (secondary N) is 2. The number of likely N-dealkylation sites (tertiary alicyclic amines) is 1. The number of benzene rings is 1. The third kappa shape index (κ3) is 9.88. The van der Waals surface area contributed by atoms with Gasteiger partial charge in [0.15, 0.2) is 0 Å². The average Bonchev–Trinajstić information content (AvgIpc) is 4.07. The number of aryl methyl sites for hydroxylation is 1. The van der Waals surface area contributed by atoms with Crippen LogP contribution in [-0.2, 0) is 48.0 Å². The first-order valence-electron chi connectivity index (χ1n) is 23.0. The number of carbonyl (C=O) groups excluding carboxylic acids is 5. The molecule has 3 aliphatic rings. The molecular weight excluding hydrogens is 859 g/mol. The van der Waals surface area contributed by atoms with Crippen LogP contribution in [0.4, 0.5) is 4.79 Å². The Morgan fingerprint density at radius 3 is 2.62 bits per heavy atom. The van der Waals surface area contributed by atoms with E-state index >= 15 is 0 Å². The Morgan fingerprint density at radius 1 is 1.14 bits per heavy atom. The van der Waals surface area contributed by atoms with Crippen molar-refractivity contribution < 1.29 is 33.4 Å². The maximum atomic E-state index is 14.6. The Morgan fingerprint density at radius 2 is 1.91 bits per heavy atom. The molecule has 6 bridgehead atoms. The Kier molecular flexibility index (Phi) is 14.7. The number of aromatic nitrogens is 3. The number of rotatable bonds is 10. The highest BCUT2D eigenvalue weighted by molar-refractivity contribution is 7.10. The van der Waals surface area contributed by atoms with Crippen LogP contribution in [0.2, 0.25) is 0 Å². The minimum absolute atomic E-state index is 0.0691. The van der Waals surface area contributed by atoms with Crippen LogP contribution in [0.25, 0.3) is 33.4 Å². The zero-order valence-electron chi connectivity index (χ0n) is 39.8. The molecule has 2 N–H and O–H groups in total. The van der Waals surface area contributed by atoms with Crippen LogP contribution in [-0.4, -0.2) is 136 Å². The smallest absolute Gasteiger partial charge is 0.324 e. The van der Waals surface area contributed by atoms with Gasteiger partial charge < -0.3 is 34.1 Å². The molecule has 66 heavy (non-hydrogen) atoms. The van der Waals surface area contributed by atoms with Gasteiger partial charge in [0.05, 0.1) is 40.8 Å². The van der Waals surface area contributed by atoms with Gasteiger partial charge in [-0.05, 0) is 81.4 Å². The molecule has 5 atom stereocenters. The summed E-state index contributed by atoms with van der Waals surface area (Å²) in [6, 6.07) is 6.96. The third-order valence-corrected chi connectivity index (χ3v) is 14.1. The molecule has 16 nitrogen and oxygen atoms in total. The summed E-state index contributed by atoms with van der Waals surface area (Å²) < 4.78 is 14.2. The van der Waals surface area contributed by atoms with Crippen LogP contribution >= 0.6 is 11.3 Å². The number of hydrogen-bond acceptors (Lipinski definition) is 11. The first-order valence-corrected chi connectivity index (χ1v) is 23.9. The summed E-state index contributed by atoms with van der Waals surface area (Å²) >= 11 is 1.40. The number of nitrogens with zero attached hydrogens (tertiary/aromatic N) is 7. The standard InChI is InChI=1S/C49H65N9O7S/c1-11-41(59)56-22-19-32(26-56)54(8)48(63)55(9)43(29(3)4)45(60)52-37-24-40-51-38(27-66-40)31-17-18-39-34(23-31)35(44(57(39)12-2)33-15-13-20-50-42(33)30(5)64-10)25-49(6,7)28-65-47(62)36-16-14-21-58(53-36)46(37)61/h11,13,15,17-18,20,23,27,29-30,32,36-37,43,53H,1,12,14,16,19,21-22,24-26,28H2,2-10H3,(H,52,60)/t30-,32-,36-,37-,43?/m0/s1. The largest absolute Gasteiger partial charge is 0.464 e. The highest BCUT2D eigenvalue weighted by atomic mass is 32.1. The molecule has 0 radical (unpaired) electrons. The summed E-state index contributed by atoms with van der Waals surface area (Å²) in [5.74, 6) is -1.91. The Balaban J connectivity index is 1.25. The second-order valence-corrected chi connectivity index (χ2v) is 19.8. The lowest BCUT2D eigenvalue weighted by molar-refractivity contribution is -0.155. The van der Waals surface area contributed by atoms with Crippen molar-refractivity contribution in [3.05, 3.63) is 70.8 Å². The maximum Gasteiger partial charge on any atom is 0.324 e. The van der Waals surface area contributed by atoms with Crippen LogP contribution in [0.15, 0.2) is 54.6 Å². The number of esters is 1. The van der Waals surface area contributed by atoms with Gasteiger partial charge in [-0.1, -0.05) is 40.3 Å². The fourth-order valence-corrected chi connectivity index (χ4v) is 10.5. The van der Waals surface area contributed by atoms with E-state index < -0.39 is 41.3 Å². The quantitative estimate of drug-likeness (QED) is 0.142. The van der Waals surface area contributed by atoms with E-state index in [1.54, 1.807) is 37.2 Å². The molecule has 6 heterocycles. The van der Waals surface area contributed by atoms with Gasteiger partial charge in [-0.15, -0.1) is 11.3 Å². The zero-order valence-corrected chi connectivity index (χ0v) is 40.6. The van der Waals surface area contributed by atoms with Crippen molar-refractivity contribution in [1.29, 1.82) is 0 Å². The van der Waals surface area contributed by atoms with E-state index in [2.05, 4.69) is 66.9 Å². The first kappa shape index (κ1) is 48.3. The normalized spacial score (nSPS) is 21.0. The van der Waals surface area contributed by atoms with Crippen molar-refractivity contribution in [3.63, 3.8) is 0 Å². The molecule has 2 saturated heterocycles. The van der Waals surface area contributed by atoms with Crippen LogP contribution in [0.5, 0.6) is 0 Å². The van der Waals surface area contributed by atoms with Crippen molar-refractivity contribution in [3.8, 4) is 22.5 Å². The molecule has 4 aromatic rings. The summed E-state index contributed by atoms with van der Waals surface area (Å²) in [6.45, 7) is 17.6. The number of ether oxygens (including phenoxy) is 2. The highest BCUT2D eigenvalue weighted by Crippen LogP contribution is 2.42. The molecule has 17 heteroatoms. The molecule has 2 fully saturated rings. The number of hydrogen-bond donors (Lipinski definition) is 2. The number of hydrazine groups is 1. The number of pyridine rings is 1. The molecule has 0 saturated carbocycles. The molecule has 5 amide bonds. The van der Waals surface area contributed by atoms with Gasteiger partial charge in [0, 0.05) is 92.8 Å². The van der Waals surface area contributed by atoms with Crippen molar-refractivity contribution in [2.24, 2.45) is 11.3 Å². The number of methoxy groups -OCH3 is 1. The number of fused-ring (bicyclic) bond motifs is 6. The number of thiazole rings is 1. The predicted molar refractivity (Wildman–Crippen MR) is 254 cm³/mol. The van der Waals surface area contributed by atoms with Crippen molar-refractivity contribution in [2.45, 2.75) is 110 Å². The van der Waals surface area contributed by atoms with Crippen molar-refractivity contribution in [2.75, 3.05) is 47.4 Å². The summed E-state index contributed by atoms with van der Waals surface area (Å²) in [6.07, 6.45) is 5.03. The molecular formula is C49H65N9O7S. The third-order valence-electron chi connectivity index (χ3n) is 13.3.